The third-order valence-corrected chi connectivity index (χ3v) is 6.92. The van der Waals surface area contributed by atoms with Gasteiger partial charge in [-0.25, -0.2) is 4.98 Å². The third-order valence-electron chi connectivity index (χ3n) is 5.05. The molecule has 0 unspecified atom stereocenters. The topological polar surface area (TPSA) is 91.7 Å². The van der Waals surface area contributed by atoms with Gasteiger partial charge in [-0.3, -0.25) is 14.2 Å². The Morgan fingerprint density at radius 3 is 2.56 bits per heavy atom. The fourth-order valence-electron chi connectivity index (χ4n) is 3.42. The van der Waals surface area contributed by atoms with Crippen LogP contribution in [-0.2, 0) is 11.3 Å². The smallest absolute Gasteiger partial charge is 0.272 e. The summed E-state index contributed by atoms with van der Waals surface area (Å²) in [7, 11) is 4.68. The number of ether oxygens (including phenoxy) is 3. The minimum atomic E-state index is -0.235. The number of rotatable bonds is 9. The van der Waals surface area contributed by atoms with Crippen LogP contribution in [0, 0.1) is 0 Å². The molecule has 0 atom stereocenters. The van der Waals surface area contributed by atoms with Gasteiger partial charge in [0.2, 0.25) is 5.91 Å². The molecule has 0 saturated heterocycles. The molecule has 4 rings (SSSR count). The summed E-state index contributed by atoms with van der Waals surface area (Å²) in [6.45, 7) is 0.281. The van der Waals surface area contributed by atoms with E-state index in [4.69, 9.17) is 14.2 Å². The van der Waals surface area contributed by atoms with Crippen molar-refractivity contribution in [3.8, 4) is 17.2 Å². The van der Waals surface area contributed by atoms with Gasteiger partial charge in [-0.15, -0.1) is 11.3 Å². The van der Waals surface area contributed by atoms with E-state index in [1.807, 2.05) is 35.7 Å². The average Bonchev–Trinajstić information content (AvgIpc) is 3.33. The fraction of sp³-hybridized carbons (Fsp3) is 0.208. The van der Waals surface area contributed by atoms with E-state index in [2.05, 4.69) is 10.3 Å². The zero-order valence-corrected chi connectivity index (χ0v) is 20.5. The first kappa shape index (κ1) is 23.7. The molecule has 2 aromatic carbocycles. The van der Waals surface area contributed by atoms with Crippen LogP contribution in [-0.4, -0.2) is 42.5 Å². The normalized spacial score (nSPS) is 10.8. The molecule has 0 bridgehead atoms. The number of para-hydroxylation sites is 1. The Kier molecular flexibility index (Phi) is 7.39. The second-order valence-electron chi connectivity index (χ2n) is 7.14. The first-order chi connectivity index (χ1) is 16.5. The van der Waals surface area contributed by atoms with Crippen molar-refractivity contribution in [3.63, 3.8) is 0 Å². The number of carbonyl (C=O) groups is 1. The molecule has 34 heavy (non-hydrogen) atoms. The molecule has 0 aliphatic rings. The highest BCUT2D eigenvalue weighted by Crippen LogP contribution is 2.30. The number of thiophene rings is 1. The summed E-state index contributed by atoms with van der Waals surface area (Å²) in [5.74, 6) is 1.61. The molecule has 2 heterocycles. The standard InChI is InChI=1S/C24H23N3O5S2/c1-30-18-7-5-4-6-15(18)13-27-23(29)22-17(10-11-33-22)26-24(27)34-14-21(28)25-16-8-9-19(31-2)20(12-16)32-3/h4-12H,13-14H2,1-3H3,(H,25,28). The van der Waals surface area contributed by atoms with Crippen LogP contribution in [0.15, 0.2) is 63.9 Å². The van der Waals surface area contributed by atoms with Crippen LogP contribution in [0.3, 0.4) is 0 Å². The quantitative estimate of drug-likeness (QED) is 0.273. The number of hydrogen-bond acceptors (Lipinski definition) is 8. The Bertz CT molecular complexity index is 1380. The number of methoxy groups -OCH3 is 3. The number of carbonyl (C=O) groups excluding carboxylic acids is 1. The van der Waals surface area contributed by atoms with Crippen molar-refractivity contribution in [2.75, 3.05) is 32.4 Å². The van der Waals surface area contributed by atoms with Crippen LogP contribution in [0.4, 0.5) is 5.69 Å². The van der Waals surface area contributed by atoms with Crippen molar-refractivity contribution in [1.29, 1.82) is 0 Å². The zero-order chi connectivity index (χ0) is 24.1. The van der Waals surface area contributed by atoms with Crippen LogP contribution < -0.4 is 25.1 Å². The van der Waals surface area contributed by atoms with E-state index in [0.29, 0.717) is 38.3 Å². The van der Waals surface area contributed by atoms with Crippen molar-refractivity contribution < 1.29 is 19.0 Å². The van der Waals surface area contributed by atoms with E-state index in [1.165, 1.54) is 30.2 Å². The van der Waals surface area contributed by atoms with Gasteiger partial charge in [0.15, 0.2) is 16.7 Å². The molecule has 1 N–H and O–H groups in total. The molecule has 1 amide bonds. The molecule has 8 nitrogen and oxygen atoms in total. The predicted octanol–water partition coefficient (Wildman–Crippen LogP) is 4.26. The van der Waals surface area contributed by atoms with Crippen molar-refractivity contribution in [1.82, 2.24) is 9.55 Å². The lowest BCUT2D eigenvalue weighted by molar-refractivity contribution is -0.113. The molecule has 0 saturated carbocycles. The number of aromatic nitrogens is 2. The molecule has 0 aliphatic carbocycles. The highest BCUT2D eigenvalue weighted by atomic mass is 32.2. The molecular weight excluding hydrogens is 474 g/mol. The Labute approximate surface area is 204 Å². The summed E-state index contributed by atoms with van der Waals surface area (Å²) >= 11 is 2.56. The highest BCUT2D eigenvalue weighted by molar-refractivity contribution is 7.99. The van der Waals surface area contributed by atoms with E-state index >= 15 is 0 Å². The van der Waals surface area contributed by atoms with Gasteiger partial charge in [0.1, 0.15) is 10.4 Å². The molecule has 176 valence electrons. The summed E-state index contributed by atoms with van der Waals surface area (Å²) in [6.07, 6.45) is 0. The molecule has 0 spiro atoms. The molecule has 0 radical (unpaired) electrons. The number of anilines is 1. The number of amides is 1. The number of nitrogens with zero attached hydrogens (tertiary/aromatic N) is 2. The van der Waals surface area contributed by atoms with Crippen molar-refractivity contribution in [3.05, 3.63) is 69.8 Å². The van der Waals surface area contributed by atoms with Gasteiger partial charge >= 0.3 is 0 Å². The summed E-state index contributed by atoms with van der Waals surface area (Å²) in [5.41, 5.74) is 1.90. The second-order valence-corrected chi connectivity index (χ2v) is 9.00. The minimum absolute atomic E-state index is 0.0718. The minimum Gasteiger partial charge on any atom is -0.496 e. The molecule has 0 fully saturated rings. The van der Waals surface area contributed by atoms with Gasteiger partial charge in [-0.2, -0.15) is 0 Å². The molecule has 2 aromatic heterocycles. The van der Waals surface area contributed by atoms with E-state index < -0.39 is 0 Å². The van der Waals surface area contributed by atoms with Crippen LogP contribution in [0.25, 0.3) is 10.2 Å². The summed E-state index contributed by atoms with van der Waals surface area (Å²) < 4.78 is 18.1. The molecular formula is C24H23N3O5S2. The van der Waals surface area contributed by atoms with Gasteiger partial charge in [0, 0.05) is 17.3 Å². The Morgan fingerprint density at radius 1 is 1.03 bits per heavy atom. The largest absolute Gasteiger partial charge is 0.496 e. The van der Waals surface area contributed by atoms with E-state index in [0.717, 1.165) is 5.56 Å². The molecule has 10 heteroatoms. The lowest BCUT2D eigenvalue weighted by Crippen LogP contribution is -2.24. The Hall–Kier alpha value is -3.50. The highest BCUT2D eigenvalue weighted by Gasteiger charge is 2.16. The van der Waals surface area contributed by atoms with Gasteiger partial charge in [-0.05, 0) is 29.6 Å². The third kappa shape index (κ3) is 5.02. The SMILES string of the molecule is COc1ccccc1Cn1c(SCC(=O)Nc2ccc(OC)c(OC)c2)nc2ccsc2c1=O. The lowest BCUT2D eigenvalue weighted by Gasteiger charge is -2.14. The fourth-order valence-corrected chi connectivity index (χ4v) is 5.00. The van der Waals surface area contributed by atoms with Crippen molar-refractivity contribution in [2.24, 2.45) is 0 Å². The average molecular weight is 498 g/mol. The van der Waals surface area contributed by atoms with Gasteiger partial charge < -0.3 is 19.5 Å². The van der Waals surface area contributed by atoms with Crippen molar-refractivity contribution >= 4 is 44.9 Å². The first-order valence-corrected chi connectivity index (χ1v) is 12.1. The first-order valence-electron chi connectivity index (χ1n) is 10.3. The molecule has 0 aliphatic heterocycles. The maximum Gasteiger partial charge on any atom is 0.272 e. The number of fused-ring (bicyclic) bond motifs is 1. The van der Waals surface area contributed by atoms with Gasteiger partial charge in [0.25, 0.3) is 5.56 Å². The van der Waals surface area contributed by atoms with Crippen molar-refractivity contribution in [2.45, 2.75) is 11.7 Å². The number of nitrogens with one attached hydrogen (secondary N) is 1. The number of hydrogen-bond donors (Lipinski definition) is 1. The maximum atomic E-state index is 13.2. The number of benzene rings is 2. The maximum absolute atomic E-state index is 13.2. The second kappa shape index (κ2) is 10.6. The van der Waals surface area contributed by atoms with Gasteiger partial charge in [-0.1, -0.05) is 30.0 Å². The summed E-state index contributed by atoms with van der Waals surface area (Å²) in [4.78, 5) is 30.6. The Balaban J connectivity index is 1.57. The number of thioether (sulfide) groups is 1. The van der Waals surface area contributed by atoms with Gasteiger partial charge in [0.05, 0.1) is 39.1 Å². The lowest BCUT2D eigenvalue weighted by atomic mass is 10.2. The summed E-state index contributed by atoms with van der Waals surface area (Å²) in [6, 6.07) is 14.5. The monoisotopic (exact) mass is 497 g/mol. The van der Waals surface area contributed by atoms with Crippen LogP contribution in [0.5, 0.6) is 17.2 Å². The van der Waals surface area contributed by atoms with Crippen LogP contribution >= 0.6 is 23.1 Å². The summed E-state index contributed by atoms with van der Waals surface area (Å²) in [5, 5.41) is 5.14. The van der Waals surface area contributed by atoms with E-state index in [-0.39, 0.29) is 23.8 Å². The van der Waals surface area contributed by atoms with Crippen LogP contribution in [0.1, 0.15) is 5.56 Å². The zero-order valence-electron chi connectivity index (χ0n) is 18.9. The predicted molar refractivity (Wildman–Crippen MR) is 135 cm³/mol. The van der Waals surface area contributed by atoms with E-state index in [1.54, 1.807) is 37.0 Å². The van der Waals surface area contributed by atoms with E-state index in [9.17, 15) is 9.59 Å². The molecule has 4 aromatic rings. The van der Waals surface area contributed by atoms with Crippen LogP contribution in [0.2, 0.25) is 0 Å². The Morgan fingerprint density at radius 2 is 1.79 bits per heavy atom.